The van der Waals surface area contributed by atoms with Crippen molar-refractivity contribution < 1.29 is 33.0 Å². The zero-order chi connectivity index (χ0) is 23.6. The van der Waals surface area contributed by atoms with Crippen molar-refractivity contribution in [3.8, 4) is 0 Å². The number of nitrogens with zero attached hydrogens (tertiary/aromatic N) is 1. The fourth-order valence-corrected chi connectivity index (χ4v) is 5.14. The van der Waals surface area contributed by atoms with Gasteiger partial charge in [-0.15, -0.1) is 0 Å². The van der Waals surface area contributed by atoms with E-state index in [1.165, 1.54) is 13.1 Å². The first-order valence-electron chi connectivity index (χ1n) is 10.3. The largest absolute Gasteiger partial charge is 0.460 e. The van der Waals surface area contributed by atoms with Gasteiger partial charge in [-0.2, -0.15) is 0 Å². The van der Waals surface area contributed by atoms with Crippen LogP contribution in [0.15, 0.2) is 52.2 Å². The van der Waals surface area contributed by atoms with Crippen LogP contribution in [0.1, 0.15) is 18.7 Å². The number of ether oxygens (including phenoxy) is 2. The molecular formula is C20H24N3O9P. The quantitative estimate of drug-likeness (QED) is 0.387. The van der Waals surface area contributed by atoms with E-state index in [0.717, 1.165) is 16.2 Å². The van der Waals surface area contributed by atoms with Crippen molar-refractivity contribution in [2.75, 3.05) is 13.2 Å². The minimum atomic E-state index is -3.91. The van der Waals surface area contributed by atoms with E-state index in [1.807, 2.05) is 30.3 Å². The number of rotatable bonds is 6. The lowest BCUT2D eigenvalue weighted by molar-refractivity contribution is -0.146. The van der Waals surface area contributed by atoms with Crippen molar-refractivity contribution in [3.05, 3.63) is 69.0 Å². The Morgan fingerprint density at radius 1 is 1.27 bits per heavy atom. The summed E-state index contributed by atoms with van der Waals surface area (Å²) in [6, 6.07) is 9.25. The molecule has 2 fully saturated rings. The van der Waals surface area contributed by atoms with Crippen molar-refractivity contribution in [2.24, 2.45) is 5.92 Å². The molecule has 1 aromatic carbocycles. The highest BCUT2D eigenvalue weighted by atomic mass is 31.2. The van der Waals surface area contributed by atoms with Gasteiger partial charge in [-0.3, -0.25) is 28.2 Å². The summed E-state index contributed by atoms with van der Waals surface area (Å²) in [7, 11) is -3.91. The average Bonchev–Trinajstić information content (AvgIpc) is 3.00. The monoisotopic (exact) mass is 481 g/mol. The van der Waals surface area contributed by atoms with Gasteiger partial charge >= 0.3 is 19.4 Å². The summed E-state index contributed by atoms with van der Waals surface area (Å²) in [4.78, 5) is 37.7. The highest BCUT2D eigenvalue weighted by molar-refractivity contribution is 7.51. The van der Waals surface area contributed by atoms with E-state index in [9.17, 15) is 24.1 Å². The molecular weight excluding hydrogens is 457 g/mol. The lowest BCUT2D eigenvalue weighted by Crippen LogP contribution is -2.37. The van der Waals surface area contributed by atoms with Crippen LogP contribution in [-0.4, -0.2) is 52.1 Å². The predicted molar refractivity (Wildman–Crippen MR) is 113 cm³/mol. The van der Waals surface area contributed by atoms with Gasteiger partial charge in [-0.05, 0) is 12.5 Å². The number of aromatic nitrogens is 2. The minimum absolute atomic E-state index is 0.0629. The molecule has 0 saturated carbocycles. The van der Waals surface area contributed by atoms with E-state index >= 15 is 0 Å². The third-order valence-corrected chi connectivity index (χ3v) is 7.10. The highest BCUT2D eigenvalue weighted by Gasteiger charge is 2.49. The number of fused-ring (bicyclic) bond motifs is 1. The molecule has 2 aliphatic heterocycles. The SMILES string of the molecule is C[C@H](N[P@]1(=O)OC[C@H]2[C@@H](O)[C@H](n3ccc(=O)[nH]c3=O)O[C@@H]2CO1)C(=O)OCc1ccccc1. The van der Waals surface area contributed by atoms with Crippen molar-refractivity contribution >= 4 is 13.7 Å². The zero-order valence-electron chi connectivity index (χ0n) is 17.7. The molecule has 2 aromatic rings. The Balaban J connectivity index is 1.35. The van der Waals surface area contributed by atoms with Gasteiger partial charge in [0.15, 0.2) is 6.23 Å². The van der Waals surface area contributed by atoms with Crippen LogP contribution in [0.2, 0.25) is 0 Å². The van der Waals surface area contributed by atoms with Crippen LogP contribution in [0.4, 0.5) is 0 Å². The minimum Gasteiger partial charge on any atom is -0.460 e. The Morgan fingerprint density at radius 2 is 2.00 bits per heavy atom. The van der Waals surface area contributed by atoms with E-state index in [2.05, 4.69) is 10.1 Å². The second kappa shape index (κ2) is 9.72. The summed E-state index contributed by atoms with van der Waals surface area (Å²) >= 11 is 0. The molecule has 12 nitrogen and oxygen atoms in total. The van der Waals surface area contributed by atoms with Crippen molar-refractivity contribution in [1.29, 1.82) is 0 Å². The molecule has 3 heterocycles. The summed E-state index contributed by atoms with van der Waals surface area (Å²) < 4.78 is 35.9. The molecule has 0 unspecified atom stereocenters. The second-order valence-electron chi connectivity index (χ2n) is 7.77. The molecule has 0 aliphatic carbocycles. The fraction of sp³-hybridized carbons (Fsp3) is 0.450. The third kappa shape index (κ3) is 5.32. The van der Waals surface area contributed by atoms with Gasteiger partial charge in [0, 0.05) is 18.2 Å². The van der Waals surface area contributed by atoms with Gasteiger partial charge in [0.05, 0.1) is 19.3 Å². The predicted octanol–water partition coefficient (Wildman–Crippen LogP) is 0.288. The first kappa shape index (κ1) is 23.6. The Kier molecular flexibility index (Phi) is 6.94. The number of carbonyl (C=O) groups excluding carboxylic acids is 1. The first-order chi connectivity index (χ1) is 15.8. The Bertz CT molecular complexity index is 1150. The molecule has 0 radical (unpaired) electrons. The fourth-order valence-electron chi connectivity index (χ4n) is 3.63. The maximum Gasteiger partial charge on any atom is 0.406 e. The van der Waals surface area contributed by atoms with E-state index in [-0.39, 0.29) is 19.8 Å². The number of benzene rings is 1. The smallest absolute Gasteiger partial charge is 0.406 e. The molecule has 178 valence electrons. The van der Waals surface area contributed by atoms with Gasteiger partial charge in [-0.1, -0.05) is 30.3 Å². The molecule has 13 heteroatoms. The number of aliphatic hydroxyl groups excluding tert-OH is 1. The van der Waals surface area contributed by atoms with Crippen LogP contribution in [-0.2, 0) is 34.5 Å². The van der Waals surface area contributed by atoms with Crippen molar-refractivity contribution in [1.82, 2.24) is 14.6 Å². The summed E-state index contributed by atoms with van der Waals surface area (Å²) in [5.74, 6) is -1.30. The van der Waals surface area contributed by atoms with Gasteiger partial charge in [0.1, 0.15) is 18.8 Å². The maximum absolute atomic E-state index is 13.0. The number of aliphatic hydroxyl groups is 1. The van der Waals surface area contributed by atoms with E-state index < -0.39 is 55.4 Å². The number of esters is 1. The standard InChI is InChI=1S/C20H24N3O9P/c1-12(19(26)29-9-13-5-3-2-4-6-13)22-33(28)30-10-14-15(11-31-33)32-18(17(14)25)23-8-7-16(24)21-20(23)27/h2-8,12,14-15,17-18,25H,9-11H2,1H3,(H,22,28)(H,21,24,27)/t12-,14+,15+,17+,18+,33-/m0/s1. The van der Waals surface area contributed by atoms with Crippen LogP contribution >= 0.6 is 7.75 Å². The zero-order valence-corrected chi connectivity index (χ0v) is 18.6. The molecule has 0 bridgehead atoms. The number of hydrogen-bond donors (Lipinski definition) is 3. The van der Waals surface area contributed by atoms with E-state index in [0.29, 0.717) is 0 Å². The van der Waals surface area contributed by atoms with Crippen molar-refractivity contribution in [3.63, 3.8) is 0 Å². The van der Waals surface area contributed by atoms with Gasteiger partial charge in [-0.25, -0.2) is 14.4 Å². The van der Waals surface area contributed by atoms with Gasteiger partial charge in [0.25, 0.3) is 5.56 Å². The summed E-state index contributed by atoms with van der Waals surface area (Å²) in [6.07, 6.45) is -1.78. The molecule has 3 N–H and O–H groups in total. The van der Waals surface area contributed by atoms with Crippen LogP contribution < -0.4 is 16.3 Å². The topological polar surface area (TPSA) is 158 Å². The van der Waals surface area contributed by atoms with E-state index in [1.54, 1.807) is 0 Å². The van der Waals surface area contributed by atoms with E-state index in [4.69, 9.17) is 18.5 Å². The number of aromatic amines is 1. The number of carbonyl (C=O) groups is 1. The van der Waals surface area contributed by atoms with Crippen LogP contribution in [0.3, 0.4) is 0 Å². The molecule has 0 spiro atoms. The first-order valence-corrected chi connectivity index (χ1v) is 11.8. The Morgan fingerprint density at radius 3 is 2.73 bits per heavy atom. The van der Waals surface area contributed by atoms with Crippen LogP contribution in [0.25, 0.3) is 0 Å². The molecule has 6 atom stereocenters. The normalized spacial score (nSPS) is 30.2. The summed E-state index contributed by atoms with van der Waals surface area (Å²) in [5.41, 5.74) is -0.505. The number of nitrogens with one attached hydrogen (secondary N) is 2. The Labute approximate surface area is 188 Å². The highest BCUT2D eigenvalue weighted by Crippen LogP contribution is 2.50. The molecule has 4 rings (SSSR count). The van der Waals surface area contributed by atoms with Crippen molar-refractivity contribution in [2.45, 2.75) is 38.0 Å². The second-order valence-corrected chi connectivity index (χ2v) is 9.54. The molecule has 2 aliphatic rings. The average molecular weight is 481 g/mol. The lowest BCUT2D eigenvalue weighted by Gasteiger charge is -2.22. The third-order valence-electron chi connectivity index (χ3n) is 5.42. The number of hydrogen-bond acceptors (Lipinski definition) is 9. The molecule has 33 heavy (non-hydrogen) atoms. The van der Waals surface area contributed by atoms with Crippen LogP contribution in [0.5, 0.6) is 0 Å². The Hall–Kier alpha value is -2.60. The summed E-state index contributed by atoms with van der Waals surface area (Å²) in [6.45, 7) is 1.10. The maximum atomic E-state index is 13.0. The molecule has 2 saturated heterocycles. The van der Waals surface area contributed by atoms with Gasteiger partial charge < -0.3 is 14.6 Å². The molecule has 0 amide bonds. The summed E-state index contributed by atoms with van der Waals surface area (Å²) in [5, 5.41) is 13.2. The van der Waals surface area contributed by atoms with Gasteiger partial charge in [0.2, 0.25) is 0 Å². The van der Waals surface area contributed by atoms with Crippen LogP contribution in [0, 0.1) is 5.92 Å². The lowest BCUT2D eigenvalue weighted by atomic mass is 9.99. The molecule has 1 aromatic heterocycles. The number of H-pyrrole nitrogens is 1.